The van der Waals surface area contributed by atoms with Crippen molar-refractivity contribution in [3.63, 3.8) is 0 Å². The Morgan fingerprint density at radius 1 is 1.17 bits per heavy atom. The predicted octanol–water partition coefficient (Wildman–Crippen LogP) is 1.16. The van der Waals surface area contributed by atoms with Gasteiger partial charge >= 0.3 is 0 Å². The molecule has 1 aliphatic rings. The first-order valence-corrected chi connectivity index (χ1v) is 7.45. The van der Waals surface area contributed by atoms with Crippen LogP contribution in [0.3, 0.4) is 0 Å². The summed E-state index contributed by atoms with van der Waals surface area (Å²) in [6.45, 7) is 13.8. The molecule has 1 rings (SSSR count). The van der Waals surface area contributed by atoms with Crippen molar-refractivity contribution in [3.8, 4) is 0 Å². The Kier molecular flexibility index (Phi) is 7.82. The van der Waals surface area contributed by atoms with Gasteiger partial charge in [0.25, 0.3) is 0 Å². The first-order chi connectivity index (χ1) is 8.67. The van der Waals surface area contributed by atoms with Gasteiger partial charge in [0.2, 0.25) is 0 Å². The van der Waals surface area contributed by atoms with Crippen LogP contribution in [0, 0.1) is 0 Å². The van der Waals surface area contributed by atoms with E-state index in [0.717, 1.165) is 45.9 Å². The van der Waals surface area contributed by atoms with Gasteiger partial charge in [-0.05, 0) is 20.3 Å². The van der Waals surface area contributed by atoms with Crippen LogP contribution in [0.15, 0.2) is 0 Å². The number of nitrogens with zero attached hydrogens (tertiary/aromatic N) is 2. The van der Waals surface area contributed by atoms with E-state index in [2.05, 4.69) is 30.6 Å². The highest BCUT2D eigenvalue weighted by Crippen LogP contribution is 2.10. The van der Waals surface area contributed by atoms with E-state index in [9.17, 15) is 0 Å². The fraction of sp³-hybridized carbons (Fsp3) is 1.00. The van der Waals surface area contributed by atoms with Crippen LogP contribution in [0.1, 0.15) is 33.6 Å². The molecular weight excluding hydrogens is 226 g/mol. The Hall–Kier alpha value is -0.160. The molecule has 108 valence electrons. The van der Waals surface area contributed by atoms with Crippen LogP contribution in [0.5, 0.6) is 0 Å². The summed E-state index contributed by atoms with van der Waals surface area (Å²) >= 11 is 0. The van der Waals surface area contributed by atoms with E-state index in [0.29, 0.717) is 12.1 Å². The summed E-state index contributed by atoms with van der Waals surface area (Å²) in [6, 6.07) is 0.587. The zero-order chi connectivity index (χ0) is 13.4. The summed E-state index contributed by atoms with van der Waals surface area (Å²) in [5, 5.41) is 0. The van der Waals surface area contributed by atoms with E-state index in [1.165, 1.54) is 12.8 Å². The second kappa shape index (κ2) is 8.86. The van der Waals surface area contributed by atoms with Gasteiger partial charge in [-0.1, -0.05) is 13.3 Å². The minimum atomic E-state index is 0.345. The summed E-state index contributed by atoms with van der Waals surface area (Å²) in [5.74, 6) is 0. The van der Waals surface area contributed by atoms with Crippen LogP contribution in [0.4, 0.5) is 0 Å². The first kappa shape index (κ1) is 15.9. The van der Waals surface area contributed by atoms with Crippen molar-refractivity contribution in [3.05, 3.63) is 0 Å². The van der Waals surface area contributed by atoms with Crippen LogP contribution in [0.2, 0.25) is 0 Å². The van der Waals surface area contributed by atoms with E-state index >= 15 is 0 Å². The molecule has 0 bridgehead atoms. The van der Waals surface area contributed by atoms with Crippen LogP contribution in [-0.4, -0.2) is 67.8 Å². The van der Waals surface area contributed by atoms with E-state index in [1.54, 1.807) is 0 Å². The number of ether oxygens (including phenoxy) is 1. The highest BCUT2D eigenvalue weighted by molar-refractivity contribution is 4.79. The number of rotatable bonds is 8. The molecule has 4 heteroatoms. The van der Waals surface area contributed by atoms with Gasteiger partial charge in [-0.2, -0.15) is 0 Å². The second-order valence-corrected chi connectivity index (χ2v) is 5.48. The van der Waals surface area contributed by atoms with E-state index in [4.69, 9.17) is 10.5 Å². The van der Waals surface area contributed by atoms with E-state index in [-0.39, 0.29) is 0 Å². The lowest BCUT2D eigenvalue weighted by Crippen LogP contribution is -2.52. The van der Waals surface area contributed by atoms with Crippen LogP contribution in [-0.2, 0) is 4.74 Å². The molecule has 0 aromatic carbocycles. The smallest absolute Gasteiger partial charge is 0.0596 e. The molecule has 0 amide bonds. The largest absolute Gasteiger partial charge is 0.377 e. The molecule has 0 spiro atoms. The van der Waals surface area contributed by atoms with Crippen LogP contribution in [0.25, 0.3) is 0 Å². The second-order valence-electron chi connectivity index (χ2n) is 5.48. The van der Waals surface area contributed by atoms with Crippen LogP contribution >= 0.6 is 0 Å². The quantitative estimate of drug-likeness (QED) is 0.708. The Bertz CT molecular complexity index is 203. The van der Waals surface area contributed by atoms with Gasteiger partial charge in [0.1, 0.15) is 0 Å². The molecule has 0 radical (unpaired) electrons. The Morgan fingerprint density at radius 3 is 2.33 bits per heavy atom. The zero-order valence-corrected chi connectivity index (χ0v) is 12.4. The van der Waals surface area contributed by atoms with Crippen molar-refractivity contribution in [1.29, 1.82) is 0 Å². The molecule has 1 fully saturated rings. The topological polar surface area (TPSA) is 41.7 Å². The van der Waals surface area contributed by atoms with E-state index < -0.39 is 0 Å². The molecule has 0 saturated carbocycles. The summed E-state index contributed by atoms with van der Waals surface area (Å²) < 4.78 is 5.60. The predicted molar refractivity (Wildman–Crippen MR) is 76.9 cm³/mol. The Morgan fingerprint density at radius 2 is 1.83 bits per heavy atom. The van der Waals surface area contributed by atoms with Gasteiger partial charge in [0.15, 0.2) is 0 Å². The van der Waals surface area contributed by atoms with Crippen LogP contribution < -0.4 is 5.73 Å². The van der Waals surface area contributed by atoms with Crippen molar-refractivity contribution < 1.29 is 4.74 Å². The number of hydrogen-bond acceptors (Lipinski definition) is 4. The average Bonchev–Trinajstić information content (AvgIpc) is 2.36. The molecule has 1 aliphatic heterocycles. The maximum atomic E-state index is 5.86. The first-order valence-electron chi connectivity index (χ1n) is 7.45. The summed E-state index contributed by atoms with van der Waals surface area (Å²) in [5.41, 5.74) is 5.86. The minimum Gasteiger partial charge on any atom is -0.377 e. The van der Waals surface area contributed by atoms with Crippen molar-refractivity contribution >= 4 is 0 Å². The zero-order valence-electron chi connectivity index (χ0n) is 12.4. The van der Waals surface area contributed by atoms with Gasteiger partial charge in [-0.25, -0.2) is 0 Å². The lowest BCUT2D eigenvalue weighted by atomic mass is 10.1. The number of hydrogen-bond donors (Lipinski definition) is 1. The molecule has 1 atom stereocenters. The summed E-state index contributed by atoms with van der Waals surface area (Å²) in [4.78, 5) is 5.06. The lowest BCUT2D eigenvalue weighted by Gasteiger charge is -2.39. The Balaban J connectivity index is 2.19. The SMILES string of the molecule is CCCC(CN)N1CCN(CCOC(C)C)CC1. The van der Waals surface area contributed by atoms with Gasteiger partial charge in [-0.3, -0.25) is 9.80 Å². The molecule has 2 N–H and O–H groups in total. The summed E-state index contributed by atoms with van der Waals surface area (Å²) in [6.07, 6.45) is 2.80. The van der Waals surface area contributed by atoms with Gasteiger partial charge in [-0.15, -0.1) is 0 Å². The van der Waals surface area contributed by atoms with E-state index in [1.807, 2.05) is 0 Å². The highest BCUT2D eigenvalue weighted by atomic mass is 16.5. The third-order valence-corrected chi connectivity index (χ3v) is 3.68. The third kappa shape index (κ3) is 5.65. The van der Waals surface area contributed by atoms with Crippen molar-refractivity contribution in [1.82, 2.24) is 9.80 Å². The molecule has 1 heterocycles. The standard InChI is InChI=1S/C14H31N3O/c1-4-5-14(12-15)17-8-6-16(7-9-17)10-11-18-13(2)3/h13-14H,4-12,15H2,1-3H3. The molecule has 1 unspecified atom stereocenters. The van der Waals surface area contributed by atoms with Crippen molar-refractivity contribution in [2.75, 3.05) is 45.9 Å². The Labute approximate surface area is 112 Å². The fourth-order valence-electron chi connectivity index (χ4n) is 2.55. The normalized spacial score (nSPS) is 20.5. The van der Waals surface area contributed by atoms with Crippen molar-refractivity contribution in [2.24, 2.45) is 5.73 Å². The highest BCUT2D eigenvalue weighted by Gasteiger charge is 2.21. The molecule has 18 heavy (non-hydrogen) atoms. The molecular formula is C14H31N3O. The molecule has 0 aromatic rings. The van der Waals surface area contributed by atoms with Crippen molar-refractivity contribution in [2.45, 2.75) is 45.8 Å². The average molecular weight is 257 g/mol. The maximum absolute atomic E-state index is 5.86. The molecule has 0 aromatic heterocycles. The maximum Gasteiger partial charge on any atom is 0.0596 e. The van der Waals surface area contributed by atoms with Gasteiger partial charge in [0.05, 0.1) is 12.7 Å². The minimum absolute atomic E-state index is 0.345. The van der Waals surface area contributed by atoms with Gasteiger partial charge in [0, 0.05) is 45.3 Å². The molecule has 0 aliphatic carbocycles. The third-order valence-electron chi connectivity index (χ3n) is 3.68. The lowest BCUT2D eigenvalue weighted by molar-refractivity contribution is 0.0373. The monoisotopic (exact) mass is 257 g/mol. The molecule has 1 saturated heterocycles. The fourth-order valence-corrected chi connectivity index (χ4v) is 2.55. The van der Waals surface area contributed by atoms with Gasteiger partial charge < -0.3 is 10.5 Å². The number of piperazine rings is 1. The molecule has 4 nitrogen and oxygen atoms in total. The number of nitrogens with two attached hydrogens (primary N) is 1. The summed E-state index contributed by atoms with van der Waals surface area (Å²) in [7, 11) is 0.